The molecular weight excluding hydrogens is 222 g/mol. The number of carbonyl (C=O) groups is 2. The predicted octanol–water partition coefficient (Wildman–Crippen LogP) is -0.559. The molecule has 2 amide bonds. The van der Waals surface area contributed by atoms with Gasteiger partial charge in [0.15, 0.2) is 0 Å². The van der Waals surface area contributed by atoms with Crippen LogP contribution >= 0.6 is 0 Å². The van der Waals surface area contributed by atoms with Gasteiger partial charge in [0.1, 0.15) is 12.6 Å². The lowest BCUT2D eigenvalue weighted by molar-refractivity contribution is -0.130. The van der Waals surface area contributed by atoms with E-state index >= 15 is 0 Å². The molecule has 0 aliphatic heterocycles. The molecule has 0 aliphatic carbocycles. The van der Waals surface area contributed by atoms with Crippen molar-refractivity contribution in [3.8, 4) is 0 Å². The highest BCUT2D eigenvalue weighted by molar-refractivity contribution is 5.87. The first-order valence-corrected chi connectivity index (χ1v) is 5.32. The fourth-order valence-corrected chi connectivity index (χ4v) is 1.39. The Morgan fingerprint density at radius 3 is 2.59 bits per heavy atom. The van der Waals surface area contributed by atoms with Crippen LogP contribution in [0.2, 0.25) is 0 Å². The van der Waals surface area contributed by atoms with Gasteiger partial charge in [-0.1, -0.05) is 6.08 Å². The first kappa shape index (κ1) is 15.3. The first-order chi connectivity index (χ1) is 8.08. The Balaban J connectivity index is 4.56. The second-order valence-corrected chi connectivity index (χ2v) is 3.56. The minimum atomic E-state index is -0.720. The third kappa shape index (κ3) is 5.82. The average molecular weight is 241 g/mol. The van der Waals surface area contributed by atoms with Crippen LogP contribution in [0.25, 0.3) is 0 Å². The van der Waals surface area contributed by atoms with Crippen LogP contribution in [-0.2, 0) is 9.59 Å². The van der Waals surface area contributed by atoms with Crippen LogP contribution in [-0.4, -0.2) is 42.8 Å². The molecule has 0 radical (unpaired) electrons. The Kier molecular flexibility index (Phi) is 7.62. The fourth-order valence-electron chi connectivity index (χ4n) is 1.39. The number of aliphatic hydroxyl groups excluding tert-OH is 1. The van der Waals surface area contributed by atoms with Crippen molar-refractivity contribution in [3.05, 3.63) is 12.7 Å². The van der Waals surface area contributed by atoms with Gasteiger partial charge in [-0.25, -0.2) is 0 Å². The average Bonchev–Trinajstić information content (AvgIpc) is 2.35. The van der Waals surface area contributed by atoms with Crippen LogP contribution in [0.1, 0.15) is 12.8 Å². The monoisotopic (exact) mass is 241 g/mol. The van der Waals surface area contributed by atoms with Crippen molar-refractivity contribution < 1.29 is 14.7 Å². The second-order valence-electron chi connectivity index (χ2n) is 3.56. The summed E-state index contributed by atoms with van der Waals surface area (Å²) >= 11 is 0. The van der Waals surface area contributed by atoms with E-state index in [2.05, 4.69) is 17.2 Å². The van der Waals surface area contributed by atoms with E-state index in [-0.39, 0.29) is 11.8 Å². The molecule has 0 aliphatic rings. The van der Waals surface area contributed by atoms with Crippen LogP contribution in [0.5, 0.6) is 0 Å². The molecule has 0 aromatic carbocycles. The van der Waals surface area contributed by atoms with Crippen LogP contribution in [0, 0.1) is 11.3 Å². The molecule has 0 fully saturated rings. The van der Waals surface area contributed by atoms with Gasteiger partial charge in [-0.2, -0.15) is 0 Å². The van der Waals surface area contributed by atoms with Crippen molar-refractivity contribution in [1.29, 1.82) is 5.41 Å². The molecule has 1 unspecified atom stereocenters. The number of likely N-dealkylation sites (N-methyl/N-ethyl adjacent to an activating group) is 1. The van der Waals surface area contributed by atoms with E-state index in [0.29, 0.717) is 12.8 Å². The summed E-state index contributed by atoms with van der Waals surface area (Å²) in [5, 5.41) is 20.5. The SMILES string of the molecule is C=CC(CC=N)C[C@H](NC(=O)CO)C(=O)NC. The summed E-state index contributed by atoms with van der Waals surface area (Å²) in [5.41, 5.74) is 0. The molecule has 0 saturated heterocycles. The van der Waals surface area contributed by atoms with Crippen molar-refractivity contribution in [2.24, 2.45) is 5.92 Å². The number of allylic oxidation sites excluding steroid dienone is 1. The number of nitrogens with one attached hydrogen (secondary N) is 3. The molecule has 0 aromatic rings. The van der Waals surface area contributed by atoms with Crippen LogP contribution in [0.3, 0.4) is 0 Å². The highest BCUT2D eigenvalue weighted by Crippen LogP contribution is 2.11. The van der Waals surface area contributed by atoms with Crippen LogP contribution < -0.4 is 10.6 Å². The van der Waals surface area contributed by atoms with E-state index in [0.717, 1.165) is 0 Å². The van der Waals surface area contributed by atoms with E-state index in [9.17, 15) is 9.59 Å². The summed E-state index contributed by atoms with van der Waals surface area (Å²) in [6.07, 6.45) is 3.70. The maximum absolute atomic E-state index is 11.5. The zero-order chi connectivity index (χ0) is 13.3. The Bertz CT molecular complexity index is 292. The number of hydrogen-bond acceptors (Lipinski definition) is 4. The Morgan fingerprint density at radius 1 is 1.53 bits per heavy atom. The van der Waals surface area contributed by atoms with E-state index in [4.69, 9.17) is 10.5 Å². The lowest BCUT2D eigenvalue weighted by Gasteiger charge is -2.20. The molecule has 6 nitrogen and oxygen atoms in total. The van der Waals surface area contributed by atoms with Gasteiger partial charge in [-0.3, -0.25) is 9.59 Å². The van der Waals surface area contributed by atoms with Crippen LogP contribution in [0.4, 0.5) is 0 Å². The lowest BCUT2D eigenvalue weighted by Crippen LogP contribution is -2.47. The highest BCUT2D eigenvalue weighted by Gasteiger charge is 2.22. The zero-order valence-corrected chi connectivity index (χ0v) is 9.90. The van der Waals surface area contributed by atoms with Gasteiger partial charge in [0.2, 0.25) is 11.8 Å². The molecule has 0 spiro atoms. The van der Waals surface area contributed by atoms with Crippen molar-refractivity contribution >= 4 is 18.0 Å². The van der Waals surface area contributed by atoms with Gasteiger partial charge in [0, 0.05) is 7.05 Å². The minimum absolute atomic E-state index is 0.0613. The van der Waals surface area contributed by atoms with E-state index in [1.165, 1.54) is 13.3 Å². The number of rotatable bonds is 8. The molecule has 96 valence electrons. The summed E-state index contributed by atoms with van der Waals surface area (Å²) in [4.78, 5) is 22.6. The molecular formula is C11H19N3O3. The fraction of sp³-hybridized carbons (Fsp3) is 0.545. The molecule has 17 heavy (non-hydrogen) atoms. The number of carbonyl (C=O) groups excluding carboxylic acids is 2. The Morgan fingerprint density at radius 2 is 2.18 bits per heavy atom. The molecule has 0 heterocycles. The Labute approximate surface area is 101 Å². The summed E-state index contributed by atoms with van der Waals surface area (Å²) in [6, 6.07) is -0.720. The molecule has 0 rings (SSSR count). The van der Waals surface area contributed by atoms with Crippen molar-refractivity contribution in [2.75, 3.05) is 13.7 Å². The molecule has 4 N–H and O–H groups in total. The highest BCUT2D eigenvalue weighted by atomic mass is 16.3. The third-order valence-electron chi connectivity index (χ3n) is 2.33. The van der Waals surface area contributed by atoms with Gasteiger partial charge in [0.05, 0.1) is 0 Å². The molecule has 6 heteroatoms. The molecule has 0 bridgehead atoms. The normalized spacial score (nSPS) is 13.3. The number of amides is 2. The van der Waals surface area contributed by atoms with Gasteiger partial charge in [0.25, 0.3) is 0 Å². The topological polar surface area (TPSA) is 102 Å². The van der Waals surface area contributed by atoms with Crippen LogP contribution in [0.15, 0.2) is 12.7 Å². The van der Waals surface area contributed by atoms with Gasteiger partial charge in [-0.05, 0) is 25.0 Å². The van der Waals surface area contributed by atoms with Crippen molar-refractivity contribution in [2.45, 2.75) is 18.9 Å². The van der Waals surface area contributed by atoms with E-state index in [1.807, 2.05) is 0 Å². The summed E-state index contributed by atoms with van der Waals surface area (Å²) in [5.74, 6) is -0.992. The first-order valence-electron chi connectivity index (χ1n) is 5.32. The van der Waals surface area contributed by atoms with Gasteiger partial charge < -0.3 is 21.1 Å². The van der Waals surface area contributed by atoms with Gasteiger partial charge >= 0.3 is 0 Å². The van der Waals surface area contributed by atoms with E-state index < -0.39 is 18.6 Å². The summed E-state index contributed by atoms with van der Waals surface area (Å²) in [6.45, 7) is 2.96. The molecule has 2 atom stereocenters. The standard InChI is InChI=1S/C11H19N3O3/c1-3-8(4-5-12)6-9(11(17)13-2)14-10(16)7-15/h3,5,8-9,12,15H,1,4,6-7H2,2H3,(H,13,17)(H,14,16)/t8?,9-/m0/s1. The largest absolute Gasteiger partial charge is 0.387 e. The lowest BCUT2D eigenvalue weighted by atomic mass is 9.96. The summed E-state index contributed by atoms with van der Waals surface area (Å²) in [7, 11) is 1.47. The predicted molar refractivity (Wildman–Crippen MR) is 64.8 cm³/mol. The third-order valence-corrected chi connectivity index (χ3v) is 2.33. The minimum Gasteiger partial charge on any atom is -0.387 e. The molecule has 0 aromatic heterocycles. The number of hydrogen-bond donors (Lipinski definition) is 4. The van der Waals surface area contributed by atoms with Gasteiger partial charge in [-0.15, -0.1) is 6.58 Å². The van der Waals surface area contributed by atoms with Crippen molar-refractivity contribution in [3.63, 3.8) is 0 Å². The maximum atomic E-state index is 11.5. The summed E-state index contributed by atoms with van der Waals surface area (Å²) < 4.78 is 0. The quantitative estimate of drug-likeness (QED) is 0.338. The maximum Gasteiger partial charge on any atom is 0.246 e. The van der Waals surface area contributed by atoms with E-state index in [1.54, 1.807) is 6.08 Å². The zero-order valence-electron chi connectivity index (χ0n) is 9.90. The number of aliphatic hydroxyl groups is 1. The Hall–Kier alpha value is -1.69. The molecule has 0 saturated carbocycles. The second kappa shape index (κ2) is 8.46. The smallest absolute Gasteiger partial charge is 0.246 e. The van der Waals surface area contributed by atoms with Crippen molar-refractivity contribution in [1.82, 2.24) is 10.6 Å².